The minimum absolute atomic E-state index is 0.264. The standard InChI is InChI=1S/C6H13NO2.C4H11NO/c8-4-1-7-2-5-9-6-3-7;5-3-1-2-4-6/h8H,1-6H2;6H,1-5H2. The second-order valence-electron chi connectivity index (χ2n) is 3.40. The van der Waals surface area contributed by atoms with Crippen LogP contribution in [0, 0.1) is 0 Å². The Labute approximate surface area is 91.8 Å². The van der Waals surface area contributed by atoms with Crippen molar-refractivity contribution in [2.24, 2.45) is 5.73 Å². The monoisotopic (exact) mass is 220 g/mol. The minimum Gasteiger partial charge on any atom is -0.396 e. The SMILES string of the molecule is NCCCCO.OCCN1CCOCC1. The highest BCUT2D eigenvalue weighted by Gasteiger charge is 2.07. The molecule has 0 amide bonds. The maximum atomic E-state index is 8.54. The van der Waals surface area contributed by atoms with Gasteiger partial charge < -0.3 is 20.7 Å². The number of nitrogens with zero attached hydrogens (tertiary/aromatic N) is 1. The molecule has 1 aliphatic rings. The Morgan fingerprint density at radius 3 is 2.13 bits per heavy atom. The molecule has 0 radical (unpaired) electrons. The van der Waals surface area contributed by atoms with Crippen LogP contribution < -0.4 is 5.73 Å². The Kier molecular flexibility index (Phi) is 11.7. The summed E-state index contributed by atoms with van der Waals surface area (Å²) in [7, 11) is 0. The number of aliphatic hydroxyl groups is 2. The average Bonchev–Trinajstić information content (AvgIpc) is 2.29. The Bertz CT molecular complexity index is 112. The zero-order chi connectivity index (χ0) is 11.4. The lowest BCUT2D eigenvalue weighted by Crippen LogP contribution is -2.37. The van der Waals surface area contributed by atoms with E-state index in [1.165, 1.54) is 0 Å². The average molecular weight is 220 g/mol. The zero-order valence-electron chi connectivity index (χ0n) is 9.40. The zero-order valence-corrected chi connectivity index (χ0v) is 9.40. The van der Waals surface area contributed by atoms with Crippen molar-refractivity contribution < 1.29 is 14.9 Å². The molecule has 1 heterocycles. The fourth-order valence-electron chi connectivity index (χ4n) is 1.22. The number of ether oxygens (including phenoxy) is 1. The first-order valence-corrected chi connectivity index (χ1v) is 5.57. The van der Waals surface area contributed by atoms with Gasteiger partial charge in [-0.15, -0.1) is 0 Å². The molecule has 0 spiro atoms. The van der Waals surface area contributed by atoms with E-state index in [1.807, 2.05) is 0 Å². The van der Waals surface area contributed by atoms with Gasteiger partial charge in [0.05, 0.1) is 19.8 Å². The molecular formula is C10H24N2O3. The maximum absolute atomic E-state index is 8.54. The molecular weight excluding hydrogens is 196 g/mol. The van der Waals surface area contributed by atoms with E-state index in [1.54, 1.807) is 0 Å². The van der Waals surface area contributed by atoms with E-state index >= 15 is 0 Å². The summed E-state index contributed by atoms with van der Waals surface area (Å²) in [5.41, 5.74) is 5.10. The Hall–Kier alpha value is -0.200. The van der Waals surface area contributed by atoms with Gasteiger partial charge in [0.2, 0.25) is 0 Å². The van der Waals surface area contributed by atoms with E-state index in [4.69, 9.17) is 20.7 Å². The van der Waals surface area contributed by atoms with Crippen molar-refractivity contribution >= 4 is 0 Å². The summed E-state index contributed by atoms with van der Waals surface area (Å²) >= 11 is 0. The van der Waals surface area contributed by atoms with Crippen LogP contribution in [-0.4, -0.2) is 67.7 Å². The summed E-state index contributed by atoms with van der Waals surface area (Å²) in [6.07, 6.45) is 1.78. The molecule has 15 heavy (non-hydrogen) atoms. The van der Waals surface area contributed by atoms with Crippen LogP contribution in [0.5, 0.6) is 0 Å². The minimum atomic E-state index is 0.264. The Morgan fingerprint density at radius 1 is 1.07 bits per heavy atom. The number of rotatable bonds is 5. The van der Waals surface area contributed by atoms with Gasteiger partial charge in [-0.3, -0.25) is 4.90 Å². The van der Waals surface area contributed by atoms with Gasteiger partial charge in [0.1, 0.15) is 0 Å². The Morgan fingerprint density at radius 2 is 1.73 bits per heavy atom. The number of morpholine rings is 1. The molecule has 0 aliphatic carbocycles. The van der Waals surface area contributed by atoms with Crippen LogP contribution >= 0.6 is 0 Å². The first kappa shape index (κ1) is 14.8. The highest BCUT2D eigenvalue weighted by atomic mass is 16.5. The predicted molar refractivity (Wildman–Crippen MR) is 59.7 cm³/mol. The first-order valence-electron chi connectivity index (χ1n) is 5.57. The van der Waals surface area contributed by atoms with Crippen molar-refractivity contribution in [2.45, 2.75) is 12.8 Å². The highest BCUT2D eigenvalue weighted by Crippen LogP contribution is 1.94. The van der Waals surface area contributed by atoms with Crippen LogP contribution in [0.25, 0.3) is 0 Å². The van der Waals surface area contributed by atoms with E-state index < -0.39 is 0 Å². The predicted octanol–water partition coefficient (Wildman–Crippen LogP) is -0.971. The van der Waals surface area contributed by atoms with Gasteiger partial charge in [-0.1, -0.05) is 0 Å². The topological polar surface area (TPSA) is 79.0 Å². The molecule has 0 aromatic carbocycles. The van der Waals surface area contributed by atoms with Gasteiger partial charge in [0.25, 0.3) is 0 Å². The van der Waals surface area contributed by atoms with E-state index in [0.717, 1.165) is 45.7 Å². The van der Waals surface area contributed by atoms with Crippen molar-refractivity contribution in [3.8, 4) is 0 Å². The lowest BCUT2D eigenvalue weighted by atomic mass is 10.3. The number of unbranched alkanes of at least 4 members (excludes halogenated alkanes) is 1. The van der Waals surface area contributed by atoms with Gasteiger partial charge in [-0.25, -0.2) is 0 Å². The van der Waals surface area contributed by atoms with Crippen LogP contribution in [0.2, 0.25) is 0 Å². The van der Waals surface area contributed by atoms with Crippen molar-refractivity contribution in [3.63, 3.8) is 0 Å². The van der Waals surface area contributed by atoms with Crippen LogP contribution in [0.1, 0.15) is 12.8 Å². The summed E-state index contributed by atoms with van der Waals surface area (Å²) in [5.74, 6) is 0. The third kappa shape index (κ3) is 10.1. The molecule has 1 aliphatic heterocycles. The van der Waals surface area contributed by atoms with Gasteiger partial charge in [-0.2, -0.15) is 0 Å². The molecule has 0 aromatic heterocycles. The van der Waals surface area contributed by atoms with E-state index in [0.29, 0.717) is 6.54 Å². The third-order valence-corrected chi connectivity index (χ3v) is 2.13. The lowest BCUT2D eigenvalue weighted by molar-refractivity contribution is 0.0306. The number of aliphatic hydroxyl groups excluding tert-OH is 2. The summed E-state index contributed by atoms with van der Waals surface area (Å²) < 4.78 is 5.12. The van der Waals surface area contributed by atoms with Gasteiger partial charge in [0.15, 0.2) is 0 Å². The number of nitrogens with two attached hydrogens (primary N) is 1. The first-order chi connectivity index (χ1) is 7.35. The number of hydrogen-bond donors (Lipinski definition) is 3. The van der Waals surface area contributed by atoms with Crippen molar-refractivity contribution in [1.82, 2.24) is 4.90 Å². The lowest BCUT2D eigenvalue weighted by Gasteiger charge is -2.25. The summed E-state index contributed by atoms with van der Waals surface area (Å²) in [5, 5.41) is 16.7. The molecule has 92 valence electrons. The molecule has 0 unspecified atom stereocenters. The second kappa shape index (κ2) is 11.9. The fourth-order valence-corrected chi connectivity index (χ4v) is 1.22. The molecule has 0 saturated carbocycles. The van der Waals surface area contributed by atoms with Gasteiger partial charge >= 0.3 is 0 Å². The molecule has 0 atom stereocenters. The fraction of sp³-hybridized carbons (Fsp3) is 1.00. The van der Waals surface area contributed by atoms with Crippen LogP contribution in [0.15, 0.2) is 0 Å². The molecule has 0 bridgehead atoms. The van der Waals surface area contributed by atoms with Crippen LogP contribution in [0.4, 0.5) is 0 Å². The Balaban J connectivity index is 0.000000288. The van der Waals surface area contributed by atoms with Crippen molar-refractivity contribution in [3.05, 3.63) is 0 Å². The number of β-amino-alcohol motifs (C(OH)–C–C–N with tert-alkyl or cyclic N) is 1. The molecule has 5 nitrogen and oxygen atoms in total. The molecule has 1 saturated heterocycles. The molecule has 4 N–H and O–H groups in total. The third-order valence-electron chi connectivity index (χ3n) is 2.13. The van der Waals surface area contributed by atoms with Gasteiger partial charge in [-0.05, 0) is 19.4 Å². The maximum Gasteiger partial charge on any atom is 0.0594 e. The normalized spacial score (nSPS) is 17.0. The molecule has 1 rings (SSSR count). The van der Waals surface area contributed by atoms with Crippen molar-refractivity contribution in [1.29, 1.82) is 0 Å². The summed E-state index contributed by atoms with van der Waals surface area (Å²) in [6, 6.07) is 0. The summed E-state index contributed by atoms with van der Waals surface area (Å²) in [6.45, 7) is 5.61. The van der Waals surface area contributed by atoms with Gasteiger partial charge in [0, 0.05) is 26.2 Å². The largest absolute Gasteiger partial charge is 0.396 e. The second-order valence-corrected chi connectivity index (χ2v) is 3.40. The molecule has 5 heteroatoms. The summed E-state index contributed by atoms with van der Waals surface area (Å²) in [4.78, 5) is 2.20. The molecule has 0 aromatic rings. The van der Waals surface area contributed by atoms with E-state index in [-0.39, 0.29) is 13.2 Å². The van der Waals surface area contributed by atoms with Crippen molar-refractivity contribution in [2.75, 3.05) is 52.6 Å². The molecule has 1 fully saturated rings. The van der Waals surface area contributed by atoms with Crippen LogP contribution in [0.3, 0.4) is 0 Å². The van der Waals surface area contributed by atoms with E-state index in [2.05, 4.69) is 4.90 Å². The highest BCUT2D eigenvalue weighted by molar-refractivity contribution is 4.59. The quantitative estimate of drug-likeness (QED) is 0.520. The van der Waals surface area contributed by atoms with Crippen LogP contribution in [-0.2, 0) is 4.74 Å². The smallest absolute Gasteiger partial charge is 0.0594 e. The number of hydrogen-bond acceptors (Lipinski definition) is 5. The van der Waals surface area contributed by atoms with E-state index in [9.17, 15) is 0 Å².